The van der Waals surface area contributed by atoms with E-state index in [4.69, 9.17) is 0 Å². The summed E-state index contributed by atoms with van der Waals surface area (Å²) in [6.07, 6.45) is 8.88. The van der Waals surface area contributed by atoms with Crippen molar-refractivity contribution in [1.29, 1.82) is 0 Å². The topological polar surface area (TPSA) is 40.6 Å². The molecule has 1 saturated heterocycles. The summed E-state index contributed by atoms with van der Waals surface area (Å²) in [5.74, 6) is 0.552. The monoisotopic (exact) mass is 324 g/mol. The van der Waals surface area contributed by atoms with Crippen LogP contribution in [0.3, 0.4) is 0 Å². The summed E-state index contributed by atoms with van der Waals surface area (Å²) in [7, 11) is 0. The Labute approximate surface area is 143 Å². The largest absolute Gasteiger partial charge is 0.339 e. The highest BCUT2D eigenvalue weighted by atomic mass is 16.2. The number of hydrogen-bond donors (Lipinski definition) is 0. The Kier molecular flexibility index (Phi) is 4.13. The Morgan fingerprint density at radius 1 is 1.08 bits per heavy atom. The second kappa shape index (κ2) is 6.42. The maximum atomic E-state index is 13.0. The molecule has 24 heavy (non-hydrogen) atoms. The van der Waals surface area contributed by atoms with E-state index >= 15 is 0 Å². The van der Waals surface area contributed by atoms with Crippen LogP contribution in [-0.2, 0) is 9.59 Å². The molecule has 2 heterocycles. The van der Waals surface area contributed by atoms with Crippen molar-refractivity contribution in [1.82, 2.24) is 4.90 Å². The van der Waals surface area contributed by atoms with Gasteiger partial charge in [0.25, 0.3) is 5.91 Å². The van der Waals surface area contributed by atoms with Crippen molar-refractivity contribution in [2.24, 2.45) is 5.92 Å². The maximum Gasteiger partial charge on any atom is 0.259 e. The van der Waals surface area contributed by atoms with Gasteiger partial charge in [0.05, 0.1) is 11.3 Å². The molecule has 1 saturated carbocycles. The highest BCUT2D eigenvalue weighted by Gasteiger charge is 2.34. The number of nitrogens with zero attached hydrogens (tertiary/aromatic N) is 2. The van der Waals surface area contributed by atoms with Gasteiger partial charge in [-0.25, -0.2) is 0 Å². The molecule has 2 aliphatic heterocycles. The molecular formula is C20H24N2O2. The van der Waals surface area contributed by atoms with E-state index in [1.807, 2.05) is 29.2 Å². The summed E-state index contributed by atoms with van der Waals surface area (Å²) >= 11 is 0. The molecule has 3 aliphatic rings. The Balaban J connectivity index is 1.61. The lowest BCUT2D eigenvalue weighted by molar-refractivity contribution is -0.129. The van der Waals surface area contributed by atoms with E-state index in [1.54, 1.807) is 11.0 Å². The molecule has 1 aliphatic carbocycles. The van der Waals surface area contributed by atoms with Crippen LogP contribution >= 0.6 is 0 Å². The first-order chi connectivity index (χ1) is 11.7. The first-order valence-electron chi connectivity index (χ1n) is 9.16. The number of fused-ring (bicyclic) bond motifs is 1. The molecule has 0 radical (unpaired) electrons. The number of amides is 2. The van der Waals surface area contributed by atoms with Crippen molar-refractivity contribution in [3.63, 3.8) is 0 Å². The first kappa shape index (κ1) is 15.4. The van der Waals surface area contributed by atoms with Crippen LogP contribution in [0.25, 0.3) is 5.57 Å². The minimum absolute atomic E-state index is 0.00403. The van der Waals surface area contributed by atoms with Crippen LogP contribution in [-0.4, -0.2) is 36.3 Å². The minimum Gasteiger partial charge on any atom is -0.339 e. The van der Waals surface area contributed by atoms with Crippen LogP contribution in [0, 0.1) is 5.92 Å². The number of rotatable bonds is 3. The normalized spacial score (nSPS) is 22.7. The van der Waals surface area contributed by atoms with E-state index in [9.17, 15) is 9.59 Å². The lowest BCUT2D eigenvalue weighted by Crippen LogP contribution is -2.41. The number of para-hydroxylation sites is 1. The average Bonchev–Trinajstić information content (AvgIpc) is 2.80. The van der Waals surface area contributed by atoms with Crippen LogP contribution in [0.1, 0.15) is 44.1 Å². The molecule has 4 rings (SSSR count). The fourth-order valence-corrected chi connectivity index (χ4v) is 4.01. The third-order valence-electron chi connectivity index (χ3n) is 5.56. The van der Waals surface area contributed by atoms with Gasteiger partial charge in [0.1, 0.15) is 0 Å². The van der Waals surface area contributed by atoms with Gasteiger partial charge in [-0.2, -0.15) is 0 Å². The standard InChI is InChI=1S/C20H24N2O2/c23-19(21-11-6-12-21)13-17-16-9-4-5-10-18(16)22(20(17)24)14-15-7-2-1-3-8-15/h4-5,9-10,13,15H,1-3,6-8,11-12,14H2. The molecule has 1 aromatic carbocycles. The third-order valence-corrected chi connectivity index (χ3v) is 5.56. The number of carbonyl (C=O) groups excluding carboxylic acids is 2. The highest BCUT2D eigenvalue weighted by molar-refractivity contribution is 6.34. The molecule has 2 amide bonds. The molecule has 1 aromatic rings. The predicted molar refractivity (Wildman–Crippen MR) is 94.5 cm³/mol. The fourth-order valence-electron chi connectivity index (χ4n) is 4.01. The molecule has 2 fully saturated rings. The van der Waals surface area contributed by atoms with Crippen LogP contribution in [0.5, 0.6) is 0 Å². The summed E-state index contributed by atoms with van der Waals surface area (Å²) < 4.78 is 0. The lowest BCUT2D eigenvalue weighted by Gasteiger charge is -2.29. The molecular weight excluding hydrogens is 300 g/mol. The van der Waals surface area contributed by atoms with Gasteiger partial charge in [-0.1, -0.05) is 37.5 Å². The quantitative estimate of drug-likeness (QED) is 0.801. The molecule has 0 spiro atoms. The molecule has 4 heteroatoms. The van der Waals surface area contributed by atoms with Crippen molar-refractivity contribution in [2.75, 3.05) is 24.5 Å². The van der Waals surface area contributed by atoms with Gasteiger partial charge >= 0.3 is 0 Å². The lowest BCUT2D eigenvalue weighted by atomic mass is 9.89. The third kappa shape index (κ3) is 2.74. The maximum absolute atomic E-state index is 13.0. The van der Waals surface area contributed by atoms with Gasteiger partial charge < -0.3 is 9.80 Å². The van der Waals surface area contributed by atoms with Gasteiger partial charge in [-0.05, 0) is 31.2 Å². The minimum atomic E-state index is -0.0288. The smallest absolute Gasteiger partial charge is 0.259 e. The highest BCUT2D eigenvalue weighted by Crippen LogP contribution is 2.38. The van der Waals surface area contributed by atoms with Gasteiger partial charge in [0.2, 0.25) is 5.91 Å². The summed E-state index contributed by atoms with van der Waals surface area (Å²) in [6, 6.07) is 7.88. The Hall–Kier alpha value is -2.10. The van der Waals surface area contributed by atoms with Gasteiger partial charge in [-0.3, -0.25) is 9.59 Å². The predicted octanol–water partition coefficient (Wildman–Crippen LogP) is 3.23. The zero-order valence-electron chi connectivity index (χ0n) is 14.0. The van der Waals surface area contributed by atoms with Crippen molar-refractivity contribution >= 4 is 23.1 Å². The van der Waals surface area contributed by atoms with E-state index in [0.29, 0.717) is 11.5 Å². The summed E-state index contributed by atoms with van der Waals surface area (Å²) in [6.45, 7) is 2.40. The summed E-state index contributed by atoms with van der Waals surface area (Å²) in [4.78, 5) is 29.0. The zero-order chi connectivity index (χ0) is 16.5. The van der Waals surface area contributed by atoms with Gasteiger partial charge in [-0.15, -0.1) is 0 Å². The first-order valence-corrected chi connectivity index (χ1v) is 9.16. The number of anilines is 1. The SMILES string of the molecule is O=C(C=C1C(=O)N(CC2CCCCC2)c2ccccc21)N1CCC1. The van der Waals surface area contributed by atoms with Crippen molar-refractivity contribution in [3.8, 4) is 0 Å². The average molecular weight is 324 g/mol. The molecule has 4 nitrogen and oxygen atoms in total. The van der Waals surface area contributed by atoms with E-state index in [2.05, 4.69) is 0 Å². The Morgan fingerprint density at radius 2 is 1.83 bits per heavy atom. The Bertz CT molecular complexity index is 685. The van der Waals surface area contributed by atoms with Crippen LogP contribution < -0.4 is 4.90 Å². The Morgan fingerprint density at radius 3 is 2.54 bits per heavy atom. The number of likely N-dealkylation sites (tertiary alicyclic amines) is 1. The summed E-state index contributed by atoms with van der Waals surface area (Å²) in [5, 5.41) is 0. The van der Waals surface area contributed by atoms with E-state index in [-0.39, 0.29) is 11.8 Å². The van der Waals surface area contributed by atoms with Gasteiger partial charge in [0.15, 0.2) is 0 Å². The van der Waals surface area contributed by atoms with E-state index in [0.717, 1.165) is 37.3 Å². The fraction of sp³-hybridized carbons (Fsp3) is 0.500. The van der Waals surface area contributed by atoms with Crippen molar-refractivity contribution < 1.29 is 9.59 Å². The molecule has 0 bridgehead atoms. The second-order valence-corrected chi connectivity index (χ2v) is 7.17. The molecule has 0 atom stereocenters. The number of hydrogen-bond acceptors (Lipinski definition) is 2. The molecule has 126 valence electrons. The summed E-state index contributed by atoms with van der Waals surface area (Å²) in [5.41, 5.74) is 2.45. The van der Waals surface area contributed by atoms with Crippen molar-refractivity contribution in [2.45, 2.75) is 38.5 Å². The number of carbonyl (C=O) groups is 2. The van der Waals surface area contributed by atoms with Gasteiger partial charge in [0, 0.05) is 31.3 Å². The molecule has 0 aromatic heterocycles. The van der Waals surface area contributed by atoms with Crippen LogP contribution in [0.2, 0.25) is 0 Å². The molecule has 0 N–H and O–H groups in total. The van der Waals surface area contributed by atoms with E-state index in [1.165, 1.54) is 32.1 Å². The second-order valence-electron chi connectivity index (χ2n) is 7.17. The van der Waals surface area contributed by atoms with Crippen LogP contribution in [0.4, 0.5) is 5.69 Å². The van der Waals surface area contributed by atoms with Crippen LogP contribution in [0.15, 0.2) is 30.3 Å². The van der Waals surface area contributed by atoms with E-state index < -0.39 is 0 Å². The number of benzene rings is 1. The zero-order valence-corrected chi connectivity index (χ0v) is 14.0. The van der Waals surface area contributed by atoms with Crippen molar-refractivity contribution in [3.05, 3.63) is 35.9 Å². The molecule has 0 unspecified atom stereocenters.